The molecule has 0 spiro atoms. The van der Waals surface area contributed by atoms with E-state index in [2.05, 4.69) is 23.7 Å². The first-order valence-electron chi connectivity index (χ1n) is 10.2. The molecule has 0 aromatic carbocycles. The molecule has 0 aliphatic carbocycles. The van der Waals surface area contributed by atoms with E-state index in [0.29, 0.717) is 25.6 Å². The van der Waals surface area contributed by atoms with Crippen LogP contribution < -0.4 is 0 Å². The van der Waals surface area contributed by atoms with Crippen LogP contribution in [0.3, 0.4) is 0 Å². The molecule has 6 heteroatoms. The molecule has 1 aromatic heterocycles. The van der Waals surface area contributed by atoms with Crippen LogP contribution in [0.15, 0.2) is 24.5 Å². The van der Waals surface area contributed by atoms with Crippen LogP contribution >= 0.6 is 0 Å². The van der Waals surface area contributed by atoms with Crippen molar-refractivity contribution in [3.05, 3.63) is 30.1 Å². The van der Waals surface area contributed by atoms with Gasteiger partial charge < -0.3 is 9.80 Å². The maximum atomic E-state index is 13.5. The van der Waals surface area contributed by atoms with Crippen molar-refractivity contribution >= 4 is 11.8 Å². The van der Waals surface area contributed by atoms with Gasteiger partial charge in [0.05, 0.1) is 11.8 Å². The molecule has 2 atom stereocenters. The minimum atomic E-state index is -0.414. The molecule has 0 bridgehead atoms. The first kappa shape index (κ1) is 18.4. The van der Waals surface area contributed by atoms with Crippen molar-refractivity contribution in [2.45, 2.75) is 39.2 Å². The van der Waals surface area contributed by atoms with E-state index in [-0.39, 0.29) is 17.7 Å². The van der Waals surface area contributed by atoms with E-state index in [1.807, 2.05) is 21.9 Å². The van der Waals surface area contributed by atoms with Gasteiger partial charge in [0, 0.05) is 63.6 Å². The lowest BCUT2D eigenvalue weighted by Gasteiger charge is -2.33. The molecule has 27 heavy (non-hydrogen) atoms. The SMILES string of the molecule is CC(C)N1C[C@H]2CN(C(=O)Cc3ccncc3)C[C@@]2(C(=O)N2CCCC2)C1. The Bertz CT molecular complexity index is 701. The highest BCUT2D eigenvalue weighted by Gasteiger charge is 2.59. The maximum Gasteiger partial charge on any atom is 0.232 e. The molecule has 0 unspecified atom stereocenters. The van der Waals surface area contributed by atoms with Crippen molar-refractivity contribution in [1.29, 1.82) is 0 Å². The van der Waals surface area contributed by atoms with E-state index in [9.17, 15) is 9.59 Å². The Morgan fingerprint density at radius 2 is 1.81 bits per heavy atom. The summed E-state index contributed by atoms with van der Waals surface area (Å²) in [5, 5.41) is 0. The number of amides is 2. The quantitative estimate of drug-likeness (QED) is 0.804. The third-order valence-electron chi connectivity index (χ3n) is 6.64. The Hall–Kier alpha value is -1.95. The molecule has 0 N–H and O–H groups in total. The Labute approximate surface area is 161 Å². The van der Waals surface area contributed by atoms with Gasteiger partial charge in [0.1, 0.15) is 0 Å². The molecule has 2 amide bonds. The number of nitrogens with zero attached hydrogens (tertiary/aromatic N) is 4. The summed E-state index contributed by atoms with van der Waals surface area (Å²) < 4.78 is 0. The third kappa shape index (κ3) is 3.35. The van der Waals surface area contributed by atoms with E-state index in [1.54, 1.807) is 12.4 Å². The Morgan fingerprint density at radius 3 is 2.48 bits per heavy atom. The van der Waals surface area contributed by atoms with Gasteiger partial charge in [-0.25, -0.2) is 0 Å². The van der Waals surface area contributed by atoms with Crippen LogP contribution in [-0.2, 0) is 16.0 Å². The normalized spacial score (nSPS) is 28.2. The topological polar surface area (TPSA) is 56.8 Å². The standard InChI is InChI=1S/C21H30N4O2/c1-16(2)24-12-18-13-25(19(26)11-17-5-7-22-8-6-17)15-21(18,14-24)20(27)23-9-3-4-10-23/h5-8,16,18H,3-4,9-15H2,1-2H3/t18-,21-/m0/s1. The number of carbonyl (C=O) groups excluding carboxylic acids is 2. The summed E-state index contributed by atoms with van der Waals surface area (Å²) in [5.41, 5.74) is 0.568. The van der Waals surface area contributed by atoms with Crippen LogP contribution in [0, 0.1) is 11.3 Å². The minimum Gasteiger partial charge on any atom is -0.342 e. The maximum absolute atomic E-state index is 13.5. The molecular weight excluding hydrogens is 340 g/mol. The predicted molar refractivity (Wildman–Crippen MR) is 103 cm³/mol. The highest BCUT2D eigenvalue weighted by atomic mass is 16.2. The number of likely N-dealkylation sites (tertiary alicyclic amines) is 3. The number of fused-ring (bicyclic) bond motifs is 1. The molecule has 146 valence electrons. The molecule has 3 aliphatic rings. The summed E-state index contributed by atoms with van der Waals surface area (Å²) in [4.78, 5) is 36.8. The monoisotopic (exact) mass is 370 g/mol. The van der Waals surface area contributed by atoms with Crippen LogP contribution in [0.1, 0.15) is 32.3 Å². The first-order valence-corrected chi connectivity index (χ1v) is 10.2. The number of carbonyl (C=O) groups is 2. The fraction of sp³-hybridized carbons (Fsp3) is 0.667. The van der Waals surface area contributed by atoms with Gasteiger partial charge in [-0.1, -0.05) is 0 Å². The summed E-state index contributed by atoms with van der Waals surface area (Å²) >= 11 is 0. The molecule has 3 fully saturated rings. The Kier molecular flexibility index (Phi) is 4.93. The van der Waals surface area contributed by atoms with Crippen LogP contribution in [0.2, 0.25) is 0 Å². The zero-order valence-electron chi connectivity index (χ0n) is 16.4. The largest absolute Gasteiger partial charge is 0.342 e. The predicted octanol–water partition coefficient (Wildman–Crippen LogP) is 1.42. The lowest BCUT2D eigenvalue weighted by molar-refractivity contribution is -0.141. The van der Waals surface area contributed by atoms with Gasteiger partial charge in [0.2, 0.25) is 11.8 Å². The molecule has 0 saturated carbocycles. The van der Waals surface area contributed by atoms with Crippen LogP contribution in [-0.4, -0.2) is 76.8 Å². The van der Waals surface area contributed by atoms with Crippen LogP contribution in [0.5, 0.6) is 0 Å². The van der Waals surface area contributed by atoms with Crippen molar-refractivity contribution in [2.24, 2.45) is 11.3 Å². The summed E-state index contributed by atoms with van der Waals surface area (Å²) in [6.45, 7) is 9.11. The van der Waals surface area contributed by atoms with Crippen molar-refractivity contribution in [1.82, 2.24) is 19.7 Å². The Balaban J connectivity index is 1.53. The van der Waals surface area contributed by atoms with Gasteiger partial charge in [-0.05, 0) is 44.4 Å². The molecule has 4 rings (SSSR count). The van der Waals surface area contributed by atoms with Crippen molar-refractivity contribution in [3.8, 4) is 0 Å². The molecule has 1 aromatic rings. The van der Waals surface area contributed by atoms with E-state index < -0.39 is 5.41 Å². The fourth-order valence-corrected chi connectivity index (χ4v) is 5.01. The second kappa shape index (κ2) is 7.23. The number of rotatable bonds is 4. The number of hydrogen-bond donors (Lipinski definition) is 0. The van der Waals surface area contributed by atoms with E-state index in [4.69, 9.17) is 0 Å². The number of pyridine rings is 1. The van der Waals surface area contributed by atoms with Gasteiger partial charge in [0.25, 0.3) is 0 Å². The van der Waals surface area contributed by atoms with Gasteiger partial charge in [0.15, 0.2) is 0 Å². The average Bonchev–Trinajstić information content (AvgIpc) is 3.36. The van der Waals surface area contributed by atoms with Crippen LogP contribution in [0.25, 0.3) is 0 Å². The zero-order valence-corrected chi connectivity index (χ0v) is 16.4. The van der Waals surface area contributed by atoms with Crippen molar-refractivity contribution in [2.75, 3.05) is 39.3 Å². The lowest BCUT2D eigenvalue weighted by Crippen LogP contribution is -2.49. The first-order chi connectivity index (χ1) is 13.0. The molecule has 6 nitrogen and oxygen atoms in total. The van der Waals surface area contributed by atoms with Gasteiger partial charge in [-0.2, -0.15) is 0 Å². The van der Waals surface area contributed by atoms with Gasteiger partial charge in [-0.3, -0.25) is 19.5 Å². The van der Waals surface area contributed by atoms with Gasteiger partial charge >= 0.3 is 0 Å². The second-order valence-electron chi connectivity index (χ2n) is 8.68. The zero-order chi connectivity index (χ0) is 19.0. The molecular formula is C21H30N4O2. The molecule has 3 aliphatic heterocycles. The highest BCUT2D eigenvalue weighted by Crippen LogP contribution is 2.45. The van der Waals surface area contributed by atoms with Crippen molar-refractivity contribution in [3.63, 3.8) is 0 Å². The highest BCUT2D eigenvalue weighted by molar-refractivity contribution is 5.87. The van der Waals surface area contributed by atoms with E-state index in [1.165, 1.54) is 0 Å². The summed E-state index contributed by atoms with van der Waals surface area (Å²) in [6, 6.07) is 4.21. The minimum absolute atomic E-state index is 0.125. The summed E-state index contributed by atoms with van der Waals surface area (Å²) in [5.74, 6) is 0.655. The Morgan fingerprint density at radius 1 is 1.11 bits per heavy atom. The number of hydrogen-bond acceptors (Lipinski definition) is 4. The summed E-state index contributed by atoms with van der Waals surface area (Å²) in [7, 11) is 0. The second-order valence-corrected chi connectivity index (χ2v) is 8.68. The van der Waals surface area contributed by atoms with Crippen LogP contribution in [0.4, 0.5) is 0 Å². The third-order valence-corrected chi connectivity index (χ3v) is 6.64. The lowest BCUT2D eigenvalue weighted by atomic mass is 9.79. The fourth-order valence-electron chi connectivity index (χ4n) is 5.01. The van der Waals surface area contributed by atoms with E-state index >= 15 is 0 Å². The molecule has 3 saturated heterocycles. The molecule has 0 radical (unpaired) electrons. The van der Waals surface area contributed by atoms with E-state index in [0.717, 1.165) is 44.6 Å². The number of aromatic nitrogens is 1. The smallest absolute Gasteiger partial charge is 0.232 e. The average molecular weight is 370 g/mol. The van der Waals surface area contributed by atoms with Gasteiger partial charge in [-0.15, -0.1) is 0 Å². The van der Waals surface area contributed by atoms with Crippen molar-refractivity contribution < 1.29 is 9.59 Å². The molecule has 4 heterocycles. The summed E-state index contributed by atoms with van der Waals surface area (Å²) in [6.07, 6.45) is 6.04.